The van der Waals surface area contributed by atoms with E-state index in [2.05, 4.69) is 21.3 Å². The number of hydrogen-bond donors (Lipinski definition) is 5. The van der Waals surface area contributed by atoms with E-state index in [1.807, 2.05) is 27.7 Å². The van der Waals surface area contributed by atoms with E-state index < -0.39 is 57.8 Å². The Hall–Kier alpha value is -2.63. The maximum atomic E-state index is 13.2. The molecule has 0 aliphatic carbocycles. The maximum absolute atomic E-state index is 13.2. The van der Waals surface area contributed by atoms with Crippen molar-refractivity contribution < 1.29 is 32.7 Å². The summed E-state index contributed by atoms with van der Waals surface area (Å²) in [7, 11) is -3.39. The Morgan fingerprint density at radius 2 is 1.22 bits per heavy atom. The molecule has 0 saturated carbocycles. The number of carboxylic acids is 1. The Balaban J connectivity index is 5.68. The predicted molar refractivity (Wildman–Crippen MR) is 143 cm³/mol. The second kappa shape index (κ2) is 15.6. The van der Waals surface area contributed by atoms with Crippen LogP contribution in [0.5, 0.6) is 0 Å². The van der Waals surface area contributed by atoms with Crippen LogP contribution in [0.3, 0.4) is 0 Å². The number of carbonyl (C=O) groups is 4. The van der Waals surface area contributed by atoms with Gasteiger partial charge in [-0.15, -0.1) is 0 Å². The van der Waals surface area contributed by atoms with Gasteiger partial charge in [-0.2, -0.15) is 0 Å². The fourth-order valence-corrected chi connectivity index (χ4v) is 4.03. The van der Waals surface area contributed by atoms with Crippen LogP contribution in [-0.4, -0.2) is 67.8 Å². The highest BCUT2D eigenvalue weighted by molar-refractivity contribution is 7.93. The van der Waals surface area contributed by atoms with Gasteiger partial charge in [-0.25, -0.2) is 18.0 Å². The molecule has 0 rings (SSSR count). The minimum absolute atomic E-state index is 0.0438. The SMILES string of the molecule is CC(C)C[C@@H](/C=C/S(C)(=O)=O)NC(=O)[C@H](CC(C)C)NC(=O)[C@@H](NC(=O)N[C@H](C(=O)O)C(C)C)C(C)C. The number of carboxylic acid groups (broad SMARTS) is 1. The van der Waals surface area contributed by atoms with Gasteiger partial charge in [-0.1, -0.05) is 61.5 Å². The van der Waals surface area contributed by atoms with Crippen LogP contribution in [0.1, 0.15) is 68.2 Å². The van der Waals surface area contributed by atoms with E-state index in [-0.39, 0.29) is 23.7 Å². The smallest absolute Gasteiger partial charge is 0.326 e. The van der Waals surface area contributed by atoms with Crippen LogP contribution in [0, 0.1) is 23.7 Å². The molecule has 0 aromatic rings. The van der Waals surface area contributed by atoms with E-state index in [0.717, 1.165) is 11.7 Å². The second-order valence-corrected chi connectivity index (χ2v) is 12.9. The van der Waals surface area contributed by atoms with Crippen molar-refractivity contribution in [3.05, 3.63) is 11.5 Å². The molecule has 0 radical (unpaired) electrons. The van der Waals surface area contributed by atoms with Crippen molar-refractivity contribution in [3.63, 3.8) is 0 Å². The van der Waals surface area contributed by atoms with Crippen LogP contribution in [0.4, 0.5) is 4.79 Å². The lowest BCUT2D eigenvalue weighted by atomic mass is 9.99. The summed E-state index contributed by atoms with van der Waals surface area (Å²) < 4.78 is 23.1. The molecule has 4 atom stereocenters. The normalized spacial score (nSPS) is 15.5. The van der Waals surface area contributed by atoms with E-state index in [9.17, 15) is 32.7 Å². The zero-order valence-electron chi connectivity index (χ0n) is 23.5. The lowest BCUT2D eigenvalue weighted by Gasteiger charge is -2.28. The zero-order valence-corrected chi connectivity index (χ0v) is 24.3. The fraction of sp³-hybridized carbons (Fsp3) is 0.760. The van der Waals surface area contributed by atoms with E-state index in [1.54, 1.807) is 27.7 Å². The van der Waals surface area contributed by atoms with E-state index in [1.165, 1.54) is 6.08 Å². The molecule has 0 aromatic heterocycles. The van der Waals surface area contributed by atoms with Crippen LogP contribution >= 0.6 is 0 Å². The summed E-state index contributed by atoms with van der Waals surface area (Å²) in [4.78, 5) is 50.2. The first-order valence-electron chi connectivity index (χ1n) is 12.6. The van der Waals surface area contributed by atoms with Crippen LogP contribution in [-0.2, 0) is 24.2 Å². The molecule has 11 nitrogen and oxygen atoms in total. The number of aliphatic carboxylic acids is 1. The summed E-state index contributed by atoms with van der Waals surface area (Å²) >= 11 is 0. The molecule has 0 spiro atoms. The molecule has 0 aliphatic rings. The number of carbonyl (C=O) groups excluding carboxylic acids is 3. The number of nitrogens with one attached hydrogen (secondary N) is 4. The molecular formula is C25H46N4O7S. The third-order valence-electron chi connectivity index (χ3n) is 5.41. The minimum Gasteiger partial charge on any atom is -0.480 e. The largest absolute Gasteiger partial charge is 0.480 e. The number of sulfone groups is 1. The molecule has 0 heterocycles. The predicted octanol–water partition coefficient (Wildman–Crippen LogP) is 2.04. The number of rotatable bonds is 15. The number of urea groups is 1. The monoisotopic (exact) mass is 546 g/mol. The van der Waals surface area contributed by atoms with Crippen molar-refractivity contribution in [1.29, 1.82) is 0 Å². The van der Waals surface area contributed by atoms with Gasteiger partial charge in [-0.05, 0) is 36.5 Å². The van der Waals surface area contributed by atoms with Crippen LogP contribution in [0.15, 0.2) is 11.5 Å². The summed E-state index contributed by atoms with van der Waals surface area (Å²) in [6.45, 7) is 14.4. The minimum atomic E-state index is -3.39. The lowest BCUT2D eigenvalue weighted by molar-refractivity contribution is -0.140. The van der Waals surface area contributed by atoms with Crippen LogP contribution < -0.4 is 21.3 Å². The Morgan fingerprint density at radius 3 is 1.62 bits per heavy atom. The molecular weight excluding hydrogens is 500 g/mol. The van der Waals surface area contributed by atoms with Crippen molar-refractivity contribution in [2.24, 2.45) is 23.7 Å². The van der Waals surface area contributed by atoms with Crippen LogP contribution in [0.25, 0.3) is 0 Å². The average molecular weight is 547 g/mol. The first-order chi connectivity index (χ1) is 16.8. The fourth-order valence-electron chi connectivity index (χ4n) is 3.55. The molecule has 0 saturated heterocycles. The van der Waals surface area contributed by atoms with Gasteiger partial charge in [0.2, 0.25) is 11.8 Å². The maximum Gasteiger partial charge on any atom is 0.326 e. The Kier molecular flexibility index (Phi) is 14.5. The molecule has 214 valence electrons. The summed E-state index contributed by atoms with van der Waals surface area (Å²) in [6, 6.07) is -4.44. The van der Waals surface area contributed by atoms with Gasteiger partial charge < -0.3 is 26.4 Å². The van der Waals surface area contributed by atoms with Crippen molar-refractivity contribution in [2.45, 2.75) is 92.4 Å². The Morgan fingerprint density at radius 1 is 0.730 bits per heavy atom. The molecule has 4 amide bonds. The van der Waals surface area contributed by atoms with E-state index in [4.69, 9.17) is 0 Å². The highest BCUT2D eigenvalue weighted by Crippen LogP contribution is 2.11. The molecule has 5 N–H and O–H groups in total. The van der Waals surface area contributed by atoms with Crippen molar-refractivity contribution in [2.75, 3.05) is 6.26 Å². The van der Waals surface area contributed by atoms with E-state index >= 15 is 0 Å². The topological polar surface area (TPSA) is 171 Å². The standard InChI is InChI=1S/C25H46N4O7S/c1-14(2)12-18(10-11-37(9,35)36)26-22(30)19(13-15(3)4)27-23(31)20(16(5)6)28-25(34)29-21(17(7)8)24(32)33/h10-11,14-21H,12-13H2,1-9H3,(H,26,30)(H,27,31)(H,32,33)(H2,28,29,34)/b11-10+/t18-,19+,20+,21+/m1/s1. The Labute approximate surface area is 221 Å². The number of amides is 4. The zero-order chi connectivity index (χ0) is 29.1. The summed E-state index contributed by atoms with van der Waals surface area (Å²) in [5.41, 5.74) is 0. The summed E-state index contributed by atoms with van der Waals surface area (Å²) in [5, 5.41) is 20.8. The van der Waals surface area contributed by atoms with Gasteiger partial charge >= 0.3 is 12.0 Å². The second-order valence-electron chi connectivity index (χ2n) is 11.0. The lowest BCUT2D eigenvalue weighted by Crippen LogP contribution is -2.59. The molecule has 0 aliphatic heterocycles. The highest BCUT2D eigenvalue weighted by atomic mass is 32.2. The van der Waals surface area contributed by atoms with Crippen LogP contribution in [0.2, 0.25) is 0 Å². The van der Waals surface area contributed by atoms with Gasteiger partial charge in [0.1, 0.15) is 18.1 Å². The van der Waals surface area contributed by atoms with Gasteiger partial charge in [0.25, 0.3) is 0 Å². The number of hydrogen-bond acceptors (Lipinski definition) is 6. The van der Waals surface area contributed by atoms with E-state index in [0.29, 0.717) is 12.8 Å². The molecule has 0 unspecified atom stereocenters. The van der Waals surface area contributed by atoms with Gasteiger partial charge in [-0.3, -0.25) is 9.59 Å². The average Bonchev–Trinajstić information content (AvgIpc) is 2.71. The quantitative estimate of drug-likeness (QED) is 0.209. The molecule has 12 heteroatoms. The van der Waals surface area contributed by atoms with Gasteiger partial charge in [0, 0.05) is 17.7 Å². The first-order valence-corrected chi connectivity index (χ1v) is 14.6. The van der Waals surface area contributed by atoms with Gasteiger partial charge in [0.15, 0.2) is 9.84 Å². The molecule has 0 fully saturated rings. The third kappa shape index (κ3) is 14.6. The van der Waals surface area contributed by atoms with Gasteiger partial charge in [0.05, 0.1) is 0 Å². The van der Waals surface area contributed by atoms with Crippen molar-refractivity contribution >= 4 is 33.7 Å². The molecule has 0 aromatic carbocycles. The van der Waals surface area contributed by atoms with Crippen molar-refractivity contribution in [3.8, 4) is 0 Å². The molecule has 0 bridgehead atoms. The first kappa shape index (κ1) is 34.4. The van der Waals surface area contributed by atoms with Crippen molar-refractivity contribution in [1.82, 2.24) is 21.3 Å². The summed E-state index contributed by atoms with van der Waals surface area (Å²) in [5.74, 6) is -2.77. The Bertz CT molecular complexity index is 914. The highest BCUT2D eigenvalue weighted by Gasteiger charge is 2.31. The third-order valence-corrected chi connectivity index (χ3v) is 6.06. The summed E-state index contributed by atoms with van der Waals surface area (Å²) in [6.07, 6.45) is 3.30. The molecule has 37 heavy (non-hydrogen) atoms.